The molecule has 3 atom stereocenters. The second kappa shape index (κ2) is 10.4. The monoisotopic (exact) mass is 498 g/mol. The highest BCUT2D eigenvalue weighted by atomic mass is 32.2. The summed E-state index contributed by atoms with van der Waals surface area (Å²) in [5, 5.41) is 6.29. The third-order valence-corrected chi connectivity index (χ3v) is 7.33. The molecule has 1 saturated heterocycles. The van der Waals surface area contributed by atoms with Crippen molar-refractivity contribution in [2.24, 2.45) is 5.73 Å². The van der Waals surface area contributed by atoms with Crippen LogP contribution in [0.1, 0.15) is 24.1 Å². The zero-order chi connectivity index (χ0) is 24.4. The Morgan fingerprint density at radius 2 is 2.20 bits per heavy atom. The van der Waals surface area contributed by atoms with Gasteiger partial charge in [0.15, 0.2) is 0 Å². The first-order valence-corrected chi connectivity index (χ1v) is 12.5. The molecule has 0 radical (unpaired) electrons. The Morgan fingerprint density at radius 1 is 1.31 bits per heavy atom. The number of anilines is 1. The highest BCUT2D eigenvalue weighted by Gasteiger charge is 2.28. The second-order valence-corrected chi connectivity index (χ2v) is 9.70. The lowest BCUT2D eigenvalue weighted by Gasteiger charge is -2.33. The molecule has 2 aliphatic heterocycles. The molecule has 0 spiro atoms. The number of hydrogen-bond acceptors (Lipinski definition) is 9. The first-order chi connectivity index (χ1) is 17.0. The van der Waals surface area contributed by atoms with Crippen molar-refractivity contribution < 1.29 is 18.7 Å². The standard InChI is InChI=1S/C24H27FN6O3S/c1-33-22-7-4-18-23(31-22)15(16(25)10-28-18)8-17(26)19-5-2-14(11-34-19)27-9-13-3-6-20-24(29-13)30-21(32)12-35-20/h3-4,6-7,10,14,17,19,27H,2,5,8-9,11-12,26H2,1H3,(H,29,30,32)/t14-,17?,19+/m1/s1. The maximum atomic E-state index is 14.7. The Kier molecular flexibility index (Phi) is 7.09. The smallest absolute Gasteiger partial charge is 0.235 e. The Bertz CT molecular complexity index is 1240. The minimum absolute atomic E-state index is 0.0299. The van der Waals surface area contributed by atoms with Gasteiger partial charge in [0.25, 0.3) is 0 Å². The van der Waals surface area contributed by atoms with Gasteiger partial charge in [-0.1, -0.05) is 0 Å². The van der Waals surface area contributed by atoms with Crippen molar-refractivity contribution in [3.05, 3.63) is 47.5 Å². The Balaban J connectivity index is 1.16. The minimum atomic E-state index is -0.434. The van der Waals surface area contributed by atoms with Gasteiger partial charge in [0.2, 0.25) is 11.8 Å². The molecule has 4 N–H and O–H groups in total. The number of carbonyl (C=O) groups excluding carboxylic acids is 1. The second-order valence-electron chi connectivity index (χ2n) is 8.69. The van der Waals surface area contributed by atoms with E-state index in [1.54, 1.807) is 12.1 Å². The number of nitrogens with two attached hydrogens (primary N) is 1. The molecule has 9 nitrogen and oxygen atoms in total. The van der Waals surface area contributed by atoms with Crippen molar-refractivity contribution >= 4 is 34.5 Å². The highest BCUT2D eigenvalue weighted by Crippen LogP contribution is 2.30. The molecule has 184 valence electrons. The number of rotatable bonds is 7. The van der Waals surface area contributed by atoms with Crippen LogP contribution >= 0.6 is 11.8 Å². The van der Waals surface area contributed by atoms with Crippen LogP contribution in [0.4, 0.5) is 10.2 Å². The zero-order valence-electron chi connectivity index (χ0n) is 19.3. The number of carbonyl (C=O) groups is 1. The molecule has 0 aliphatic carbocycles. The number of nitrogens with zero attached hydrogens (tertiary/aromatic N) is 3. The zero-order valence-corrected chi connectivity index (χ0v) is 20.1. The van der Waals surface area contributed by atoms with Gasteiger partial charge in [-0.2, -0.15) is 0 Å². The number of nitrogens with one attached hydrogen (secondary N) is 2. The Labute approximate surface area is 206 Å². The molecule has 11 heteroatoms. The molecule has 3 aromatic rings. The number of fused-ring (bicyclic) bond motifs is 2. The summed E-state index contributed by atoms with van der Waals surface area (Å²) in [5.74, 6) is 0.981. The van der Waals surface area contributed by atoms with Crippen LogP contribution in [0, 0.1) is 5.82 Å². The van der Waals surface area contributed by atoms with Crippen LogP contribution in [0.2, 0.25) is 0 Å². The first-order valence-electron chi connectivity index (χ1n) is 11.5. The number of aromatic nitrogens is 3. The van der Waals surface area contributed by atoms with Gasteiger partial charge in [0.1, 0.15) is 11.6 Å². The topological polar surface area (TPSA) is 124 Å². The predicted octanol–water partition coefficient (Wildman–Crippen LogP) is 2.42. The van der Waals surface area contributed by atoms with E-state index in [4.69, 9.17) is 15.2 Å². The van der Waals surface area contributed by atoms with E-state index in [0.717, 1.165) is 23.4 Å². The summed E-state index contributed by atoms with van der Waals surface area (Å²) in [4.78, 5) is 25.7. The van der Waals surface area contributed by atoms with E-state index in [-0.39, 0.29) is 30.5 Å². The molecule has 1 unspecified atom stereocenters. The van der Waals surface area contributed by atoms with E-state index in [9.17, 15) is 9.18 Å². The SMILES string of the molecule is COc1ccc2ncc(F)c(CC(N)[C@@H]3CC[C@@H](NCc4ccc5c(n4)NC(=O)CS5)CO3)c2n1. The number of pyridine rings is 3. The number of methoxy groups -OCH3 is 1. The lowest BCUT2D eigenvalue weighted by atomic mass is 9.94. The molecule has 0 aromatic carbocycles. The van der Waals surface area contributed by atoms with Gasteiger partial charge < -0.3 is 25.8 Å². The van der Waals surface area contributed by atoms with Gasteiger partial charge in [-0.05, 0) is 37.5 Å². The van der Waals surface area contributed by atoms with Gasteiger partial charge in [0.05, 0.1) is 53.4 Å². The number of thioether (sulfide) groups is 1. The third kappa shape index (κ3) is 5.37. The molecule has 3 aromatic heterocycles. The molecule has 0 bridgehead atoms. The van der Waals surface area contributed by atoms with Crippen molar-refractivity contribution in [1.29, 1.82) is 0 Å². The summed E-state index contributed by atoms with van der Waals surface area (Å²) in [6, 6.07) is 7.19. The fourth-order valence-electron chi connectivity index (χ4n) is 4.37. The van der Waals surface area contributed by atoms with E-state index in [0.29, 0.717) is 47.2 Å². The molecular weight excluding hydrogens is 471 g/mol. The molecule has 1 amide bonds. The Hall–Kier alpha value is -2.86. The van der Waals surface area contributed by atoms with Gasteiger partial charge in [0, 0.05) is 30.3 Å². The average molecular weight is 499 g/mol. The van der Waals surface area contributed by atoms with Crippen LogP contribution in [0.5, 0.6) is 5.88 Å². The minimum Gasteiger partial charge on any atom is -0.481 e. The lowest BCUT2D eigenvalue weighted by molar-refractivity contribution is -0.113. The molecule has 1 fully saturated rings. The summed E-state index contributed by atoms with van der Waals surface area (Å²) in [6.07, 6.45) is 2.94. The third-order valence-electron chi connectivity index (χ3n) is 6.28. The summed E-state index contributed by atoms with van der Waals surface area (Å²) in [7, 11) is 1.52. The number of amides is 1. The number of ether oxygens (including phenoxy) is 2. The van der Waals surface area contributed by atoms with Crippen molar-refractivity contribution in [2.75, 3.05) is 24.8 Å². The molecular formula is C24H27FN6O3S. The largest absolute Gasteiger partial charge is 0.481 e. The van der Waals surface area contributed by atoms with Gasteiger partial charge in [-0.3, -0.25) is 9.78 Å². The summed E-state index contributed by atoms with van der Waals surface area (Å²) < 4.78 is 25.9. The van der Waals surface area contributed by atoms with Crippen LogP contribution in [-0.4, -0.2) is 58.5 Å². The van der Waals surface area contributed by atoms with Crippen molar-refractivity contribution in [3.63, 3.8) is 0 Å². The van der Waals surface area contributed by atoms with Crippen molar-refractivity contribution in [1.82, 2.24) is 20.3 Å². The molecule has 0 saturated carbocycles. The first kappa shape index (κ1) is 23.9. The highest BCUT2D eigenvalue weighted by molar-refractivity contribution is 8.00. The van der Waals surface area contributed by atoms with E-state index < -0.39 is 5.82 Å². The lowest BCUT2D eigenvalue weighted by Crippen LogP contribution is -2.47. The normalized spacial score (nSPS) is 20.8. The number of halogens is 1. The Morgan fingerprint density at radius 3 is 3.00 bits per heavy atom. The number of hydrogen-bond donors (Lipinski definition) is 3. The maximum absolute atomic E-state index is 14.7. The van der Waals surface area contributed by atoms with Crippen molar-refractivity contribution in [3.8, 4) is 5.88 Å². The molecule has 5 rings (SSSR count). The fraction of sp³-hybridized carbons (Fsp3) is 0.417. The van der Waals surface area contributed by atoms with E-state index >= 15 is 0 Å². The van der Waals surface area contributed by atoms with Crippen molar-refractivity contribution in [2.45, 2.75) is 48.9 Å². The van der Waals surface area contributed by atoms with Gasteiger partial charge in [-0.15, -0.1) is 11.8 Å². The van der Waals surface area contributed by atoms with E-state index in [1.807, 2.05) is 12.1 Å². The van der Waals surface area contributed by atoms with Crippen LogP contribution in [-0.2, 0) is 22.5 Å². The van der Waals surface area contributed by atoms with E-state index in [2.05, 4.69) is 25.6 Å². The summed E-state index contributed by atoms with van der Waals surface area (Å²) in [6.45, 7) is 1.07. The molecule has 5 heterocycles. The summed E-state index contributed by atoms with van der Waals surface area (Å²) >= 11 is 1.49. The summed E-state index contributed by atoms with van der Waals surface area (Å²) in [5.41, 5.74) is 8.79. The quantitative estimate of drug-likeness (QED) is 0.450. The maximum Gasteiger partial charge on any atom is 0.235 e. The van der Waals surface area contributed by atoms with Crippen LogP contribution in [0.3, 0.4) is 0 Å². The molecule has 35 heavy (non-hydrogen) atoms. The predicted molar refractivity (Wildman–Crippen MR) is 131 cm³/mol. The molecule has 2 aliphatic rings. The van der Waals surface area contributed by atoms with Crippen LogP contribution in [0.25, 0.3) is 11.0 Å². The average Bonchev–Trinajstić information content (AvgIpc) is 2.88. The van der Waals surface area contributed by atoms with Crippen LogP contribution < -0.4 is 21.1 Å². The van der Waals surface area contributed by atoms with E-state index in [1.165, 1.54) is 25.1 Å². The fourth-order valence-corrected chi connectivity index (χ4v) is 5.13. The van der Waals surface area contributed by atoms with Crippen LogP contribution in [0.15, 0.2) is 35.4 Å². The van der Waals surface area contributed by atoms with Gasteiger partial charge in [-0.25, -0.2) is 14.4 Å². The van der Waals surface area contributed by atoms with Gasteiger partial charge >= 0.3 is 0 Å².